The number of hydrogen-bond donors (Lipinski definition) is 3. The molecule has 8 nitrogen and oxygen atoms in total. The number of amides is 1. The number of methoxy groups -OCH3 is 2. The van der Waals surface area contributed by atoms with E-state index in [4.69, 9.17) is 9.47 Å². The summed E-state index contributed by atoms with van der Waals surface area (Å²) < 4.78 is 10.6. The molecule has 168 valence electrons. The van der Waals surface area contributed by atoms with Crippen LogP contribution in [-0.2, 0) is 11.3 Å². The summed E-state index contributed by atoms with van der Waals surface area (Å²) in [5.41, 5.74) is 1.76. The molecule has 1 atom stereocenters. The van der Waals surface area contributed by atoms with E-state index in [1.54, 1.807) is 19.2 Å². The number of carbonyl (C=O) groups excluding carboxylic acids is 1. The summed E-state index contributed by atoms with van der Waals surface area (Å²) in [7, 11) is 3.07. The van der Waals surface area contributed by atoms with Crippen molar-refractivity contribution in [2.75, 3.05) is 33.9 Å². The molecule has 3 rings (SSSR count). The number of fused-ring (bicyclic) bond motifs is 1. The van der Waals surface area contributed by atoms with Crippen LogP contribution in [0.1, 0.15) is 44.9 Å². The summed E-state index contributed by atoms with van der Waals surface area (Å²) in [6.45, 7) is 4.22. The zero-order valence-electron chi connectivity index (χ0n) is 18.7. The minimum absolute atomic E-state index is 0.0165. The Bertz CT molecular complexity index is 999. The Labute approximate surface area is 182 Å². The molecule has 1 aliphatic rings. The number of quaternary nitrogens is 1. The molecular formula is C23H33N4O4+. The number of benzene rings is 1. The highest BCUT2D eigenvalue weighted by molar-refractivity contribution is 5.81. The van der Waals surface area contributed by atoms with Crippen LogP contribution in [0.25, 0.3) is 10.9 Å². The molecule has 0 spiro atoms. The van der Waals surface area contributed by atoms with Gasteiger partial charge in [0.05, 0.1) is 31.7 Å². The van der Waals surface area contributed by atoms with E-state index in [1.165, 1.54) is 25.5 Å². The first-order chi connectivity index (χ1) is 15.0. The van der Waals surface area contributed by atoms with E-state index >= 15 is 0 Å². The zero-order chi connectivity index (χ0) is 22.2. The molecule has 3 N–H and O–H groups in total. The van der Waals surface area contributed by atoms with Gasteiger partial charge in [0.25, 0.3) is 11.5 Å². The lowest BCUT2D eigenvalue weighted by molar-refractivity contribution is -0.904. The molecule has 0 aliphatic heterocycles. The average Bonchev–Trinajstić information content (AvgIpc) is 2.78. The normalized spacial score (nSPS) is 14.7. The number of nitrogens with one attached hydrogen (secondary N) is 3. The first-order valence-corrected chi connectivity index (χ1v) is 11.0. The van der Waals surface area contributed by atoms with Crippen molar-refractivity contribution in [2.45, 2.75) is 45.6 Å². The number of allylic oxidation sites excluding steroid dienone is 1. The second kappa shape index (κ2) is 10.9. The third kappa shape index (κ3) is 6.07. The number of carbonyl (C=O) groups is 1. The van der Waals surface area contributed by atoms with E-state index in [-0.39, 0.29) is 11.5 Å². The molecule has 0 saturated carbocycles. The molecule has 31 heavy (non-hydrogen) atoms. The van der Waals surface area contributed by atoms with Crippen LogP contribution in [-0.4, -0.2) is 49.7 Å². The number of aromatic nitrogens is 2. The number of likely N-dealkylation sites (N-methyl/N-ethyl adjacent to an activating group) is 1. The van der Waals surface area contributed by atoms with E-state index in [0.29, 0.717) is 47.9 Å². The first kappa shape index (κ1) is 22.8. The van der Waals surface area contributed by atoms with Gasteiger partial charge in [0.15, 0.2) is 23.9 Å². The lowest BCUT2D eigenvalue weighted by atomic mass is 9.97. The van der Waals surface area contributed by atoms with E-state index in [2.05, 4.69) is 21.4 Å². The number of aromatic amines is 1. The fraction of sp³-hybridized carbons (Fsp3) is 0.522. The van der Waals surface area contributed by atoms with Crippen LogP contribution in [0.3, 0.4) is 0 Å². The molecule has 1 heterocycles. The second-order valence-corrected chi connectivity index (χ2v) is 7.90. The Hall–Kier alpha value is -2.87. The van der Waals surface area contributed by atoms with Gasteiger partial charge in [0, 0.05) is 12.6 Å². The predicted molar refractivity (Wildman–Crippen MR) is 120 cm³/mol. The quantitative estimate of drug-likeness (QED) is 0.496. The minimum Gasteiger partial charge on any atom is -0.493 e. The van der Waals surface area contributed by atoms with Crippen LogP contribution in [0.15, 0.2) is 28.6 Å². The summed E-state index contributed by atoms with van der Waals surface area (Å²) in [4.78, 5) is 33.4. The van der Waals surface area contributed by atoms with Gasteiger partial charge in [0.2, 0.25) is 0 Å². The maximum absolute atomic E-state index is 12.6. The van der Waals surface area contributed by atoms with E-state index in [9.17, 15) is 9.59 Å². The van der Waals surface area contributed by atoms with Crippen molar-refractivity contribution in [3.05, 3.63) is 40.0 Å². The zero-order valence-corrected chi connectivity index (χ0v) is 18.7. The SMILES string of the molecule is CC[NH+](CC(=O)NCCC1=CCCCC1)Cc1nc2cc(OC)c(OC)cc2c(=O)[nH]1. The van der Waals surface area contributed by atoms with Gasteiger partial charge >= 0.3 is 0 Å². The van der Waals surface area contributed by atoms with Gasteiger partial charge in [-0.15, -0.1) is 0 Å². The van der Waals surface area contributed by atoms with Gasteiger partial charge < -0.3 is 24.7 Å². The lowest BCUT2D eigenvalue weighted by Crippen LogP contribution is -3.11. The number of H-pyrrole nitrogens is 1. The van der Waals surface area contributed by atoms with Gasteiger partial charge in [-0.05, 0) is 45.1 Å². The smallest absolute Gasteiger partial charge is 0.275 e. The number of hydrogen-bond acceptors (Lipinski definition) is 5. The van der Waals surface area contributed by atoms with Crippen molar-refractivity contribution in [3.8, 4) is 11.5 Å². The second-order valence-electron chi connectivity index (χ2n) is 7.90. The molecule has 1 aromatic carbocycles. The Morgan fingerprint density at radius 3 is 2.68 bits per heavy atom. The number of ether oxygens (including phenoxy) is 2. The molecule has 0 radical (unpaired) electrons. The van der Waals surface area contributed by atoms with Gasteiger partial charge in [-0.25, -0.2) is 4.98 Å². The summed E-state index contributed by atoms with van der Waals surface area (Å²) in [6.07, 6.45) is 8.08. The van der Waals surface area contributed by atoms with E-state index < -0.39 is 0 Å². The summed E-state index contributed by atoms with van der Waals surface area (Å²) in [5.74, 6) is 1.56. The summed E-state index contributed by atoms with van der Waals surface area (Å²) >= 11 is 0. The van der Waals surface area contributed by atoms with Crippen molar-refractivity contribution in [1.29, 1.82) is 0 Å². The fourth-order valence-corrected chi connectivity index (χ4v) is 3.93. The topological polar surface area (TPSA) is 97.8 Å². The minimum atomic E-state index is -0.235. The van der Waals surface area contributed by atoms with Crippen LogP contribution < -0.4 is 25.2 Å². The molecule has 0 bridgehead atoms. The Morgan fingerprint density at radius 1 is 1.23 bits per heavy atom. The molecule has 1 aliphatic carbocycles. The molecule has 2 aromatic rings. The van der Waals surface area contributed by atoms with Crippen molar-refractivity contribution < 1.29 is 19.2 Å². The Balaban J connectivity index is 1.63. The molecule has 0 fully saturated rings. The third-order valence-electron chi connectivity index (χ3n) is 5.74. The highest BCUT2D eigenvalue weighted by atomic mass is 16.5. The van der Waals surface area contributed by atoms with Crippen molar-refractivity contribution in [1.82, 2.24) is 15.3 Å². The summed E-state index contributed by atoms with van der Waals surface area (Å²) in [6, 6.07) is 3.33. The molecule has 0 saturated heterocycles. The van der Waals surface area contributed by atoms with Crippen LogP contribution in [0.4, 0.5) is 0 Å². The number of rotatable bonds is 10. The van der Waals surface area contributed by atoms with Crippen molar-refractivity contribution >= 4 is 16.8 Å². The maximum atomic E-state index is 12.6. The largest absolute Gasteiger partial charge is 0.493 e. The molecule has 1 unspecified atom stereocenters. The van der Waals surface area contributed by atoms with E-state index in [0.717, 1.165) is 30.7 Å². The predicted octanol–water partition coefficient (Wildman–Crippen LogP) is 1.35. The van der Waals surface area contributed by atoms with Gasteiger partial charge in [0.1, 0.15) is 6.54 Å². The number of nitrogens with zero attached hydrogens (tertiary/aromatic N) is 1. The standard InChI is InChI=1S/C23H32N4O4/c1-4-27(15-22(28)24-11-10-16-8-6-5-7-9-16)14-21-25-18-13-20(31-3)19(30-2)12-17(18)23(29)26-21/h8,12-13H,4-7,9-11,14-15H2,1-3H3,(H,24,28)(H,25,26,29)/p+1. The van der Waals surface area contributed by atoms with Gasteiger partial charge in [-0.1, -0.05) is 11.6 Å². The molecular weight excluding hydrogens is 396 g/mol. The highest BCUT2D eigenvalue weighted by Gasteiger charge is 2.17. The van der Waals surface area contributed by atoms with E-state index in [1.807, 2.05) is 6.92 Å². The first-order valence-electron chi connectivity index (χ1n) is 11.0. The van der Waals surface area contributed by atoms with Gasteiger partial charge in [-0.2, -0.15) is 0 Å². The van der Waals surface area contributed by atoms with Crippen molar-refractivity contribution in [3.63, 3.8) is 0 Å². The van der Waals surface area contributed by atoms with Crippen LogP contribution in [0.5, 0.6) is 11.5 Å². The fourth-order valence-electron chi connectivity index (χ4n) is 3.93. The monoisotopic (exact) mass is 429 g/mol. The summed E-state index contributed by atoms with van der Waals surface area (Å²) in [5, 5.41) is 3.46. The van der Waals surface area contributed by atoms with Crippen LogP contribution in [0.2, 0.25) is 0 Å². The molecule has 1 aromatic heterocycles. The third-order valence-corrected chi connectivity index (χ3v) is 5.74. The maximum Gasteiger partial charge on any atom is 0.275 e. The van der Waals surface area contributed by atoms with Crippen molar-refractivity contribution in [2.24, 2.45) is 0 Å². The molecule has 8 heteroatoms. The Morgan fingerprint density at radius 2 is 2.00 bits per heavy atom. The van der Waals surface area contributed by atoms with Gasteiger partial charge in [-0.3, -0.25) is 9.59 Å². The Kier molecular flexibility index (Phi) is 8.06. The molecule has 1 amide bonds. The van der Waals surface area contributed by atoms with Crippen LogP contribution in [0, 0.1) is 0 Å². The lowest BCUT2D eigenvalue weighted by Gasteiger charge is -2.17. The average molecular weight is 430 g/mol. The highest BCUT2D eigenvalue weighted by Crippen LogP contribution is 2.29. The van der Waals surface area contributed by atoms with Crippen LogP contribution >= 0.6 is 0 Å².